The van der Waals surface area contributed by atoms with Gasteiger partial charge in [-0.25, -0.2) is 9.97 Å². The Labute approximate surface area is 146 Å². The summed E-state index contributed by atoms with van der Waals surface area (Å²) in [6, 6.07) is 7.50. The van der Waals surface area contributed by atoms with Gasteiger partial charge in [-0.15, -0.1) is 0 Å². The Balaban J connectivity index is 1.72. The van der Waals surface area contributed by atoms with Gasteiger partial charge in [-0.3, -0.25) is 9.59 Å². The average molecular weight is 339 g/mol. The molecule has 2 aromatic rings. The number of hydrogen-bond acceptors (Lipinski definition) is 5. The summed E-state index contributed by atoms with van der Waals surface area (Å²) in [5.41, 5.74) is 3.25. The molecule has 0 atom stereocenters. The minimum Gasteiger partial charge on any atom is -0.342 e. The molecule has 0 aliphatic carbocycles. The number of carbonyl (C=O) groups excluding carboxylic acids is 2. The van der Waals surface area contributed by atoms with Gasteiger partial charge in [0.05, 0.1) is 0 Å². The van der Waals surface area contributed by atoms with E-state index in [0.29, 0.717) is 37.8 Å². The van der Waals surface area contributed by atoms with E-state index in [0.717, 1.165) is 23.2 Å². The smallest absolute Gasteiger partial charge is 0.274 e. The molecule has 3 rings (SSSR count). The van der Waals surface area contributed by atoms with Gasteiger partial charge in [0, 0.05) is 38.1 Å². The highest BCUT2D eigenvalue weighted by atomic mass is 16.2. The van der Waals surface area contributed by atoms with Crippen LogP contribution < -0.4 is 10.2 Å². The van der Waals surface area contributed by atoms with Crippen LogP contribution in [0.5, 0.6) is 0 Å². The topological polar surface area (TPSA) is 78.4 Å². The van der Waals surface area contributed by atoms with Crippen LogP contribution in [0.25, 0.3) is 0 Å². The van der Waals surface area contributed by atoms with Crippen LogP contribution in [0.2, 0.25) is 0 Å². The molecule has 1 aliphatic heterocycles. The zero-order chi connectivity index (χ0) is 17.8. The van der Waals surface area contributed by atoms with Gasteiger partial charge in [-0.1, -0.05) is 6.07 Å². The Morgan fingerprint density at radius 1 is 1.12 bits per heavy atom. The first-order chi connectivity index (χ1) is 12.0. The normalized spacial score (nSPS) is 14.3. The Hall–Kier alpha value is -2.96. The van der Waals surface area contributed by atoms with Crippen molar-refractivity contribution in [3.05, 3.63) is 47.3 Å². The lowest BCUT2D eigenvalue weighted by Crippen LogP contribution is -2.46. The lowest BCUT2D eigenvalue weighted by molar-refractivity contribution is -0.118. The largest absolute Gasteiger partial charge is 0.342 e. The van der Waals surface area contributed by atoms with Crippen LogP contribution in [-0.2, 0) is 4.79 Å². The summed E-state index contributed by atoms with van der Waals surface area (Å²) in [5, 5.41) is 2.88. The Kier molecular flexibility index (Phi) is 4.92. The fourth-order valence-corrected chi connectivity index (χ4v) is 2.90. The van der Waals surface area contributed by atoms with E-state index >= 15 is 0 Å². The fraction of sp³-hybridized carbons (Fsp3) is 0.333. The molecule has 2 heterocycles. The van der Waals surface area contributed by atoms with Crippen LogP contribution >= 0.6 is 0 Å². The summed E-state index contributed by atoms with van der Waals surface area (Å²) < 4.78 is 0. The molecule has 1 N–H and O–H groups in total. The molecule has 1 aromatic carbocycles. The number of aryl methyl sites for hydroxylation is 2. The lowest BCUT2D eigenvalue weighted by Gasteiger charge is -2.32. The molecule has 7 nitrogen and oxygen atoms in total. The molecule has 0 bridgehead atoms. The van der Waals surface area contributed by atoms with Crippen molar-refractivity contribution in [3.63, 3.8) is 0 Å². The zero-order valence-corrected chi connectivity index (χ0v) is 14.4. The fourth-order valence-electron chi connectivity index (χ4n) is 2.90. The maximum atomic E-state index is 12.5. The quantitative estimate of drug-likeness (QED) is 0.857. The summed E-state index contributed by atoms with van der Waals surface area (Å²) in [4.78, 5) is 35.6. The molecule has 1 fully saturated rings. The highest BCUT2D eigenvalue weighted by molar-refractivity contribution is 6.03. The molecule has 0 radical (unpaired) electrons. The molecule has 1 aliphatic rings. The van der Waals surface area contributed by atoms with Crippen molar-refractivity contribution in [2.75, 3.05) is 36.4 Å². The van der Waals surface area contributed by atoms with E-state index in [-0.39, 0.29) is 5.91 Å². The first kappa shape index (κ1) is 16.9. The Morgan fingerprint density at radius 2 is 1.80 bits per heavy atom. The number of amides is 2. The predicted molar refractivity (Wildman–Crippen MR) is 95.8 cm³/mol. The summed E-state index contributed by atoms with van der Waals surface area (Å²) >= 11 is 0. The van der Waals surface area contributed by atoms with E-state index in [4.69, 9.17) is 0 Å². The van der Waals surface area contributed by atoms with Crippen LogP contribution in [0, 0.1) is 13.8 Å². The SMILES string of the molecule is Cc1cc(C)cc(NC(=O)c2ccnc(N3CCN(C=O)CC3)n2)c1. The first-order valence-corrected chi connectivity index (χ1v) is 8.22. The van der Waals surface area contributed by atoms with Crippen LogP contribution in [0.3, 0.4) is 0 Å². The van der Waals surface area contributed by atoms with Gasteiger partial charge in [0.2, 0.25) is 12.4 Å². The molecule has 1 aromatic heterocycles. The van der Waals surface area contributed by atoms with Crippen molar-refractivity contribution in [3.8, 4) is 0 Å². The summed E-state index contributed by atoms with van der Waals surface area (Å²) in [6.45, 7) is 6.55. The maximum Gasteiger partial charge on any atom is 0.274 e. The second kappa shape index (κ2) is 7.29. The van der Waals surface area contributed by atoms with E-state index in [9.17, 15) is 9.59 Å². The highest BCUT2D eigenvalue weighted by Crippen LogP contribution is 2.16. The van der Waals surface area contributed by atoms with Crippen molar-refractivity contribution in [1.82, 2.24) is 14.9 Å². The monoisotopic (exact) mass is 339 g/mol. The van der Waals surface area contributed by atoms with E-state index in [1.54, 1.807) is 17.2 Å². The number of carbonyl (C=O) groups is 2. The predicted octanol–water partition coefficient (Wildman–Crippen LogP) is 1.62. The van der Waals surface area contributed by atoms with E-state index in [1.165, 1.54) is 0 Å². The van der Waals surface area contributed by atoms with E-state index in [2.05, 4.69) is 21.4 Å². The minimum atomic E-state index is -0.264. The molecule has 130 valence electrons. The lowest BCUT2D eigenvalue weighted by atomic mass is 10.1. The number of nitrogens with one attached hydrogen (secondary N) is 1. The van der Waals surface area contributed by atoms with Gasteiger partial charge in [-0.2, -0.15) is 0 Å². The van der Waals surface area contributed by atoms with E-state index < -0.39 is 0 Å². The summed E-state index contributed by atoms with van der Waals surface area (Å²) in [5.74, 6) is 0.249. The molecule has 25 heavy (non-hydrogen) atoms. The van der Waals surface area contributed by atoms with Gasteiger partial charge in [0.15, 0.2) is 0 Å². The standard InChI is InChI=1S/C18H21N5O2/c1-13-9-14(2)11-15(10-13)20-17(25)16-3-4-19-18(21-16)23-7-5-22(12-24)6-8-23/h3-4,9-12H,5-8H2,1-2H3,(H,20,25). The summed E-state index contributed by atoms with van der Waals surface area (Å²) in [7, 11) is 0. The van der Waals surface area contributed by atoms with Crippen molar-refractivity contribution in [1.29, 1.82) is 0 Å². The van der Waals surface area contributed by atoms with Crippen molar-refractivity contribution < 1.29 is 9.59 Å². The number of aromatic nitrogens is 2. The number of piperazine rings is 1. The third-order valence-electron chi connectivity index (χ3n) is 4.10. The maximum absolute atomic E-state index is 12.5. The molecule has 1 saturated heterocycles. The minimum absolute atomic E-state index is 0.264. The number of anilines is 2. The van der Waals surface area contributed by atoms with Gasteiger partial charge < -0.3 is 15.1 Å². The number of nitrogens with zero attached hydrogens (tertiary/aromatic N) is 4. The van der Waals surface area contributed by atoms with Crippen LogP contribution in [-0.4, -0.2) is 53.4 Å². The number of rotatable bonds is 4. The Morgan fingerprint density at radius 3 is 2.44 bits per heavy atom. The molecule has 2 amide bonds. The second-order valence-electron chi connectivity index (χ2n) is 6.20. The number of hydrogen-bond donors (Lipinski definition) is 1. The molecule has 0 spiro atoms. The van der Waals surface area contributed by atoms with E-state index in [1.807, 2.05) is 30.9 Å². The van der Waals surface area contributed by atoms with Gasteiger partial charge in [-0.05, 0) is 43.2 Å². The van der Waals surface area contributed by atoms with Gasteiger partial charge >= 0.3 is 0 Å². The molecule has 7 heteroatoms. The van der Waals surface area contributed by atoms with Gasteiger partial charge in [0.25, 0.3) is 5.91 Å². The van der Waals surface area contributed by atoms with Crippen molar-refractivity contribution in [2.24, 2.45) is 0 Å². The number of benzene rings is 1. The highest BCUT2D eigenvalue weighted by Gasteiger charge is 2.19. The zero-order valence-electron chi connectivity index (χ0n) is 14.4. The molecule has 0 saturated carbocycles. The molecule has 0 unspecified atom stereocenters. The molecular weight excluding hydrogens is 318 g/mol. The van der Waals surface area contributed by atoms with Crippen molar-refractivity contribution in [2.45, 2.75) is 13.8 Å². The Bertz CT molecular complexity index is 765. The van der Waals surface area contributed by atoms with Gasteiger partial charge in [0.1, 0.15) is 5.69 Å². The third kappa shape index (κ3) is 4.12. The van der Waals surface area contributed by atoms with Crippen LogP contribution in [0.1, 0.15) is 21.6 Å². The van der Waals surface area contributed by atoms with Crippen LogP contribution in [0.4, 0.5) is 11.6 Å². The summed E-state index contributed by atoms with van der Waals surface area (Å²) in [6.07, 6.45) is 2.44. The van der Waals surface area contributed by atoms with Crippen molar-refractivity contribution >= 4 is 24.0 Å². The van der Waals surface area contributed by atoms with Crippen LogP contribution in [0.15, 0.2) is 30.5 Å². The third-order valence-corrected chi connectivity index (χ3v) is 4.10. The first-order valence-electron chi connectivity index (χ1n) is 8.22. The second-order valence-corrected chi connectivity index (χ2v) is 6.20. The molecular formula is C18H21N5O2. The average Bonchev–Trinajstić information content (AvgIpc) is 2.61.